The van der Waals surface area contributed by atoms with Gasteiger partial charge in [-0.15, -0.1) is 0 Å². The molecule has 4 rings (SSSR count). The fraction of sp³-hybridized carbons (Fsp3) is 0.231. The Morgan fingerprint density at radius 2 is 1.84 bits per heavy atom. The topological polar surface area (TPSA) is 44.1 Å². The SMILES string of the molecule is CCOC(=O)c1ccc2c(c1)nc(SCc1ccc(C)cc1C)n2Cc1ccccc1. The summed E-state index contributed by atoms with van der Waals surface area (Å²) in [6.07, 6.45) is 0. The predicted octanol–water partition coefficient (Wildman–Crippen LogP) is 6.17. The second-order valence-electron chi connectivity index (χ2n) is 7.61. The number of hydrogen-bond acceptors (Lipinski definition) is 4. The van der Waals surface area contributed by atoms with E-state index in [1.54, 1.807) is 11.8 Å². The number of carbonyl (C=O) groups excluding carboxylic acids is 1. The zero-order valence-electron chi connectivity index (χ0n) is 18.1. The molecule has 4 aromatic rings. The maximum atomic E-state index is 12.2. The molecule has 3 aromatic carbocycles. The predicted molar refractivity (Wildman–Crippen MR) is 127 cm³/mol. The van der Waals surface area contributed by atoms with Gasteiger partial charge in [0.25, 0.3) is 0 Å². The lowest BCUT2D eigenvalue weighted by molar-refractivity contribution is 0.0526. The van der Waals surface area contributed by atoms with Gasteiger partial charge in [0.2, 0.25) is 0 Å². The van der Waals surface area contributed by atoms with E-state index in [2.05, 4.69) is 60.9 Å². The molecule has 1 aromatic heterocycles. The minimum Gasteiger partial charge on any atom is -0.462 e. The largest absolute Gasteiger partial charge is 0.462 e. The molecular weight excluding hydrogens is 404 g/mol. The van der Waals surface area contributed by atoms with Crippen molar-refractivity contribution in [2.75, 3.05) is 6.61 Å². The molecule has 0 N–H and O–H groups in total. The maximum absolute atomic E-state index is 12.2. The quantitative estimate of drug-likeness (QED) is 0.260. The summed E-state index contributed by atoms with van der Waals surface area (Å²) in [7, 11) is 0. The van der Waals surface area contributed by atoms with Crippen molar-refractivity contribution in [3.8, 4) is 0 Å². The first-order valence-electron chi connectivity index (χ1n) is 10.5. The van der Waals surface area contributed by atoms with Crippen molar-refractivity contribution in [1.29, 1.82) is 0 Å². The monoisotopic (exact) mass is 430 g/mol. The number of esters is 1. The summed E-state index contributed by atoms with van der Waals surface area (Å²) in [6.45, 7) is 7.17. The van der Waals surface area contributed by atoms with Crippen molar-refractivity contribution in [2.45, 2.75) is 38.2 Å². The van der Waals surface area contributed by atoms with Gasteiger partial charge in [-0.05, 0) is 55.7 Å². The molecule has 0 fully saturated rings. The molecule has 0 aliphatic carbocycles. The van der Waals surface area contributed by atoms with Crippen LogP contribution in [-0.4, -0.2) is 22.1 Å². The number of ether oxygens (including phenoxy) is 1. The van der Waals surface area contributed by atoms with Crippen molar-refractivity contribution in [1.82, 2.24) is 9.55 Å². The van der Waals surface area contributed by atoms with Crippen LogP contribution in [0.3, 0.4) is 0 Å². The van der Waals surface area contributed by atoms with Gasteiger partial charge in [-0.25, -0.2) is 9.78 Å². The highest BCUT2D eigenvalue weighted by atomic mass is 32.2. The van der Waals surface area contributed by atoms with Crippen LogP contribution in [0, 0.1) is 13.8 Å². The summed E-state index contributed by atoms with van der Waals surface area (Å²) in [4.78, 5) is 17.1. The van der Waals surface area contributed by atoms with E-state index in [1.165, 1.54) is 22.3 Å². The van der Waals surface area contributed by atoms with Gasteiger partial charge < -0.3 is 9.30 Å². The Morgan fingerprint density at radius 3 is 2.58 bits per heavy atom. The Kier molecular flexibility index (Phi) is 6.42. The highest BCUT2D eigenvalue weighted by molar-refractivity contribution is 7.98. The Balaban J connectivity index is 1.70. The van der Waals surface area contributed by atoms with Crippen LogP contribution < -0.4 is 0 Å². The lowest BCUT2D eigenvalue weighted by Gasteiger charge is -2.11. The zero-order valence-corrected chi connectivity index (χ0v) is 18.9. The van der Waals surface area contributed by atoms with Crippen LogP contribution in [0.4, 0.5) is 0 Å². The molecule has 0 unspecified atom stereocenters. The average Bonchev–Trinajstić information content (AvgIpc) is 3.10. The molecule has 0 radical (unpaired) electrons. The van der Waals surface area contributed by atoms with Gasteiger partial charge in [0.15, 0.2) is 5.16 Å². The molecular formula is C26H26N2O2S. The summed E-state index contributed by atoms with van der Waals surface area (Å²) < 4.78 is 7.39. The lowest BCUT2D eigenvalue weighted by Crippen LogP contribution is -2.04. The molecule has 31 heavy (non-hydrogen) atoms. The highest BCUT2D eigenvalue weighted by Crippen LogP contribution is 2.29. The van der Waals surface area contributed by atoms with E-state index >= 15 is 0 Å². The first-order valence-corrected chi connectivity index (χ1v) is 11.4. The molecule has 0 amide bonds. The molecule has 158 valence electrons. The number of fused-ring (bicyclic) bond motifs is 1. The van der Waals surface area contributed by atoms with Crippen LogP contribution in [-0.2, 0) is 17.0 Å². The van der Waals surface area contributed by atoms with Crippen molar-refractivity contribution < 1.29 is 9.53 Å². The summed E-state index contributed by atoms with van der Waals surface area (Å²) in [5.41, 5.74) is 7.44. The molecule has 4 nitrogen and oxygen atoms in total. The smallest absolute Gasteiger partial charge is 0.338 e. The van der Waals surface area contributed by atoms with Crippen LogP contribution in [0.2, 0.25) is 0 Å². The van der Waals surface area contributed by atoms with Crippen LogP contribution in [0.5, 0.6) is 0 Å². The summed E-state index contributed by atoms with van der Waals surface area (Å²) in [5, 5.41) is 0.944. The van der Waals surface area contributed by atoms with E-state index in [1.807, 2.05) is 31.2 Å². The number of hydrogen-bond donors (Lipinski definition) is 0. The molecule has 0 saturated heterocycles. The summed E-state index contributed by atoms with van der Waals surface area (Å²) in [5.74, 6) is 0.529. The normalized spacial score (nSPS) is 11.1. The van der Waals surface area contributed by atoms with Gasteiger partial charge in [-0.3, -0.25) is 0 Å². The number of rotatable bonds is 7. The fourth-order valence-electron chi connectivity index (χ4n) is 3.63. The number of aryl methyl sites for hydroxylation is 2. The molecule has 0 bridgehead atoms. The van der Waals surface area contributed by atoms with Crippen molar-refractivity contribution in [3.05, 3.63) is 94.5 Å². The number of thioether (sulfide) groups is 1. The number of nitrogens with zero attached hydrogens (tertiary/aromatic N) is 2. The van der Waals surface area contributed by atoms with E-state index in [9.17, 15) is 4.79 Å². The first kappa shape index (κ1) is 21.2. The van der Waals surface area contributed by atoms with Gasteiger partial charge in [0, 0.05) is 5.75 Å². The number of imidazole rings is 1. The Morgan fingerprint density at radius 1 is 1.03 bits per heavy atom. The molecule has 0 aliphatic rings. The molecule has 0 aliphatic heterocycles. The first-order chi connectivity index (χ1) is 15.0. The van der Waals surface area contributed by atoms with Gasteiger partial charge in [0.1, 0.15) is 0 Å². The maximum Gasteiger partial charge on any atom is 0.338 e. The minimum absolute atomic E-state index is 0.313. The molecule has 1 heterocycles. The van der Waals surface area contributed by atoms with E-state index < -0.39 is 0 Å². The van der Waals surface area contributed by atoms with Gasteiger partial charge in [-0.2, -0.15) is 0 Å². The molecule has 5 heteroatoms. The number of benzene rings is 3. The van der Waals surface area contributed by atoms with Crippen LogP contribution >= 0.6 is 11.8 Å². The Hall–Kier alpha value is -3.05. The molecule has 0 spiro atoms. The van der Waals surface area contributed by atoms with Gasteiger partial charge >= 0.3 is 5.97 Å². The number of carbonyl (C=O) groups is 1. The van der Waals surface area contributed by atoms with Crippen LogP contribution in [0.1, 0.15) is 39.5 Å². The second kappa shape index (κ2) is 9.40. The van der Waals surface area contributed by atoms with Crippen molar-refractivity contribution in [2.24, 2.45) is 0 Å². The third kappa shape index (κ3) is 4.83. The fourth-order valence-corrected chi connectivity index (χ4v) is 4.72. The van der Waals surface area contributed by atoms with Crippen molar-refractivity contribution >= 4 is 28.8 Å². The minimum atomic E-state index is -0.313. The third-order valence-electron chi connectivity index (χ3n) is 5.26. The van der Waals surface area contributed by atoms with E-state index in [0.717, 1.165) is 28.5 Å². The Bertz CT molecular complexity index is 1220. The zero-order chi connectivity index (χ0) is 21.8. The lowest BCUT2D eigenvalue weighted by atomic mass is 10.1. The second-order valence-corrected chi connectivity index (χ2v) is 8.55. The standard InChI is InChI=1S/C26H26N2O2S/c1-4-30-25(29)21-12-13-24-23(15-21)27-26(28(24)16-20-8-6-5-7-9-20)31-17-22-11-10-18(2)14-19(22)3/h5-15H,4,16-17H2,1-3H3. The van der Waals surface area contributed by atoms with Gasteiger partial charge in [0.05, 0.1) is 29.7 Å². The summed E-state index contributed by atoms with van der Waals surface area (Å²) >= 11 is 1.73. The van der Waals surface area contributed by atoms with Crippen LogP contribution in [0.15, 0.2) is 71.9 Å². The Labute approximate surface area is 187 Å². The van der Waals surface area contributed by atoms with E-state index in [-0.39, 0.29) is 5.97 Å². The molecule has 0 atom stereocenters. The van der Waals surface area contributed by atoms with E-state index in [4.69, 9.17) is 9.72 Å². The highest BCUT2D eigenvalue weighted by Gasteiger charge is 2.15. The molecule has 0 saturated carbocycles. The number of aromatic nitrogens is 2. The average molecular weight is 431 g/mol. The summed E-state index contributed by atoms with van der Waals surface area (Å²) in [6, 6.07) is 22.6. The van der Waals surface area contributed by atoms with Crippen LogP contribution in [0.25, 0.3) is 11.0 Å². The van der Waals surface area contributed by atoms with E-state index in [0.29, 0.717) is 12.2 Å². The van der Waals surface area contributed by atoms with Gasteiger partial charge in [-0.1, -0.05) is 65.9 Å². The van der Waals surface area contributed by atoms with Crippen molar-refractivity contribution in [3.63, 3.8) is 0 Å². The third-order valence-corrected chi connectivity index (χ3v) is 6.29.